The highest BCUT2D eigenvalue weighted by Crippen LogP contribution is 2.28. The predicted molar refractivity (Wildman–Crippen MR) is 62.2 cm³/mol. The van der Waals surface area contributed by atoms with Gasteiger partial charge in [0.1, 0.15) is 0 Å². The van der Waals surface area contributed by atoms with Gasteiger partial charge in [-0.1, -0.05) is 0 Å². The van der Waals surface area contributed by atoms with Crippen molar-refractivity contribution in [2.75, 3.05) is 39.4 Å². The second-order valence-electron chi connectivity index (χ2n) is 5.10. The Morgan fingerprint density at radius 3 is 2.94 bits per heavy atom. The second-order valence-corrected chi connectivity index (χ2v) is 5.10. The first-order valence-corrected chi connectivity index (χ1v) is 6.30. The van der Waals surface area contributed by atoms with Gasteiger partial charge in [-0.2, -0.15) is 0 Å². The molecule has 92 valence electrons. The SMILES string of the molecule is CC1(C(=O)N2CCCOCC2)CCCNC1. The first kappa shape index (κ1) is 11.9. The molecule has 0 bridgehead atoms. The number of amides is 1. The topological polar surface area (TPSA) is 41.6 Å². The van der Waals surface area contributed by atoms with Crippen LogP contribution in [0.1, 0.15) is 26.2 Å². The highest BCUT2D eigenvalue weighted by molar-refractivity contribution is 5.82. The van der Waals surface area contributed by atoms with Gasteiger partial charge in [0.15, 0.2) is 0 Å². The number of hydrogen-bond acceptors (Lipinski definition) is 3. The molecule has 1 N–H and O–H groups in total. The molecule has 0 spiro atoms. The van der Waals surface area contributed by atoms with E-state index in [0.717, 1.165) is 52.0 Å². The zero-order valence-corrected chi connectivity index (χ0v) is 10.1. The van der Waals surface area contributed by atoms with Crippen LogP contribution >= 0.6 is 0 Å². The summed E-state index contributed by atoms with van der Waals surface area (Å²) in [7, 11) is 0. The highest BCUT2D eigenvalue weighted by atomic mass is 16.5. The van der Waals surface area contributed by atoms with Gasteiger partial charge in [0.2, 0.25) is 5.91 Å². The van der Waals surface area contributed by atoms with Gasteiger partial charge >= 0.3 is 0 Å². The molecule has 0 aromatic carbocycles. The molecule has 0 aromatic rings. The van der Waals surface area contributed by atoms with E-state index in [1.807, 2.05) is 4.90 Å². The Hall–Kier alpha value is -0.610. The van der Waals surface area contributed by atoms with Crippen molar-refractivity contribution < 1.29 is 9.53 Å². The summed E-state index contributed by atoms with van der Waals surface area (Å²) in [5, 5.41) is 3.33. The van der Waals surface area contributed by atoms with Crippen LogP contribution in [0.25, 0.3) is 0 Å². The Morgan fingerprint density at radius 1 is 1.31 bits per heavy atom. The quantitative estimate of drug-likeness (QED) is 0.713. The average molecular weight is 226 g/mol. The molecule has 0 aromatic heterocycles. The van der Waals surface area contributed by atoms with Crippen molar-refractivity contribution in [3.63, 3.8) is 0 Å². The first-order valence-electron chi connectivity index (χ1n) is 6.30. The van der Waals surface area contributed by atoms with Gasteiger partial charge in [0, 0.05) is 26.2 Å². The molecular formula is C12H22N2O2. The van der Waals surface area contributed by atoms with Crippen LogP contribution in [-0.4, -0.2) is 50.2 Å². The summed E-state index contributed by atoms with van der Waals surface area (Å²) in [6.07, 6.45) is 3.08. The van der Waals surface area contributed by atoms with Gasteiger partial charge in [-0.05, 0) is 32.7 Å². The molecular weight excluding hydrogens is 204 g/mol. The van der Waals surface area contributed by atoms with E-state index < -0.39 is 0 Å². The molecule has 2 aliphatic heterocycles. The van der Waals surface area contributed by atoms with E-state index in [0.29, 0.717) is 12.5 Å². The maximum Gasteiger partial charge on any atom is 0.229 e. The van der Waals surface area contributed by atoms with E-state index in [-0.39, 0.29) is 5.41 Å². The molecule has 0 radical (unpaired) electrons. The van der Waals surface area contributed by atoms with Gasteiger partial charge in [0.05, 0.1) is 12.0 Å². The van der Waals surface area contributed by atoms with Crippen molar-refractivity contribution in [3.8, 4) is 0 Å². The molecule has 1 amide bonds. The molecule has 2 aliphatic rings. The minimum absolute atomic E-state index is 0.192. The summed E-state index contributed by atoms with van der Waals surface area (Å²) >= 11 is 0. The monoisotopic (exact) mass is 226 g/mol. The Morgan fingerprint density at radius 2 is 2.19 bits per heavy atom. The third-order valence-electron chi connectivity index (χ3n) is 3.62. The van der Waals surface area contributed by atoms with Crippen LogP contribution in [0.5, 0.6) is 0 Å². The van der Waals surface area contributed by atoms with E-state index in [4.69, 9.17) is 4.74 Å². The van der Waals surface area contributed by atoms with Gasteiger partial charge in [-0.25, -0.2) is 0 Å². The van der Waals surface area contributed by atoms with E-state index in [9.17, 15) is 4.79 Å². The lowest BCUT2D eigenvalue weighted by Gasteiger charge is -2.37. The molecule has 2 saturated heterocycles. The molecule has 16 heavy (non-hydrogen) atoms. The van der Waals surface area contributed by atoms with Crippen LogP contribution in [-0.2, 0) is 9.53 Å². The molecule has 1 atom stereocenters. The first-order chi connectivity index (χ1) is 7.72. The fourth-order valence-corrected chi connectivity index (χ4v) is 2.57. The number of ether oxygens (including phenoxy) is 1. The Balaban J connectivity index is 1.98. The lowest BCUT2D eigenvalue weighted by Crippen LogP contribution is -2.50. The summed E-state index contributed by atoms with van der Waals surface area (Å²) < 4.78 is 5.39. The van der Waals surface area contributed by atoms with Crippen molar-refractivity contribution >= 4 is 5.91 Å². The molecule has 2 heterocycles. The lowest BCUT2D eigenvalue weighted by molar-refractivity contribution is -0.142. The summed E-state index contributed by atoms with van der Waals surface area (Å²) in [5.74, 6) is 0.310. The van der Waals surface area contributed by atoms with Crippen molar-refractivity contribution in [1.29, 1.82) is 0 Å². The number of rotatable bonds is 1. The third kappa shape index (κ3) is 2.55. The Kier molecular flexibility index (Phi) is 3.82. The average Bonchev–Trinajstić information content (AvgIpc) is 2.57. The molecule has 2 rings (SSSR count). The van der Waals surface area contributed by atoms with Crippen LogP contribution < -0.4 is 5.32 Å². The smallest absolute Gasteiger partial charge is 0.229 e. The largest absolute Gasteiger partial charge is 0.380 e. The zero-order valence-electron chi connectivity index (χ0n) is 10.1. The number of hydrogen-bond donors (Lipinski definition) is 1. The van der Waals surface area contributed by atoms with Gasteiger partial charge in [0.25, 0.3) is 0 Å². The third-order valence-corrected chi connectivity index (χ3v) is 3.62. The number of carbonyl (C=O) groups is 1. The van der Waals surface area contributed by atoms with Crippen LogP contribution in [0.3, 0.4) is 0 Å². The summed E-state index contributed by atoms with van der Waals surface area (Å²) in [4.78, 5) is 14.4. The molecule has 4 heteroatoms. The van der Waals surface area contributed by atoms with Gasteiger partial charge < -0.3 is 15.0 Å². The van der Waals surface area contributed by atoms with E-state index >= 15 is 0 Å². The Labute approximate surface area is 97.3 Å². The van der Waals surface area contributed by atoms with Gasteiger partial charge in [-0.3, -0.25) is 4.79 Å². The van der Waals surface area contributed by atoms with Crippen LogP contribution in [0.4, 0.5) is 0 Å². The zero-order chi connectivity index (χ0) is 11.4. The molecule has 1 unspecified atom stereocenters. The standard InChI is InChI=1S/C12H22N2O2/c1-12(4-2-5-13-10-12)11(15)14-6-3-8-16-9-7-14/h13H,2-10H2,1H3. The normalized spacial score (nSPS) is 32.2. The van der Waals surface area contributed by atoms with Crippen LogP contribution in [0.2, 0.25) is 0 Å². The van der Waals surface area contributed by atoms with Crippen LogP contribution in [0, 0.1) is 5.41 Å². The lowest BCUT2D eigenvalue weighted by atomic mass is 9.81. The predicted octanol–water partition coefficient (Wildman–Crippen LogP) is 0.625. The number of piperidine rings is 1. The summed E-state index contributed by atoms with van der Waals surface area (Å²) in [6.45, 7) is 7.05. The number of nitrogens with one attached hydrogen (secondary N) is 1. The fraction of sp³-hybridized carbons (Fsp3) is 0.917. The Bertz CT molecular complexity index is 241. The van der Waals surface area contributed by atoms with Crippen molar-refractivity contribution in [2.24, 2.45) is 5.41 Å². The van der Waals surface area contributed by atoms with Crippen molar-refractivity contribution in [3.05, 3.63) is 0 Å². The number of nitrogens with zero attached hydrogens (tertiary/aromatic N) is 1. The minimum Gasteiger partial charge on any atom is -0.380 e. The summed E-state index contributed by atoms with van der Waals surface area (Å²) in [6, 6.07) is 0. The van der Waals surface area contributed by atoms with E-state index in [1.165, 1.54) is 0 Å². The molecule has 0 saturated carbocycles. The van der Waals surface area contributed by atoms with Crippen LogP contribution in [0.15, 0.2) is 0 Å². The minimum atomic E-state index is -0.192. The maximum absolute atomic E-state index is 12.5. The maximum atomic E-state index is 12.5. The van der Waals surface area contributed by atoms with Crippen molar-refractivity contribution in [2.45, 2.75) is 26.2 Å². The molecule has 4 nitrogen and oxygen atoms in total. The molecule has 2 fully saturated rings. The number of carbonyl (C=O) groups excluding carboxylic acids is 1. The highest BCUT2D eigenvalue weighted by Gasteiger charge is 2.37. The molecule has 0 aliphatic carbocycles. The van der Waals surface area contributed by atoms with Gasteiger partial charge in [-0.15, -0.1) is 0 Å². The van der Waals surface area contributed by atoms with E-state index in [1.54, 1.807) is 0 Å². The van der Waals surface area contributed by atoms with E-state index in [2.05, 4.69) is 12.2 Å². The van der Waals surface area contributed by atoms with Crippen molar-refractivity contribution in [1.82, 2.24) is 10.2 Å². The second kappa shape index (κ2) is 5.15. The fourth-order valence-electron chi connectivity index (χ4n) is 2.57. The summed E-state index contributed by atoms with van der Waals surface area (Å²) in [5.41, 5.74) is -0.192.